The average Bonchev–Trinajstić information content (AvgIpc) is 3.66. The van der Waals surface area contributed by atoms with Gasteiger partial charge in [-0.2, -0.15) is 0 Å². The van der Waals surface area contributed by atoms with Crippen LogP contribution in [-0.2, 0) is 14.4 Å². The maximum Gasteiger partial charge on any atom is 0.290 e. The van der Waals surface area contributed by atoms with E-state index in [9.17, 15) is 24.3 Å². The number of nitrogens with one attached hydrogen (secondary N) is 3. The molecule has 3 amide bonds. The smallest absolute Gasteiger partial charge is 0.290 e. The number of nitrogens with zero attached hydrogens (tertiary/aromatic N) is 2. The number of Topliss-reactive ketones (excluding diaryl/α,β-unsaturated/α-hetero) is 1. The molecule has 0 unspecified atom stereocenters. The molecule has 2 aliphatic heterocycles. The van der Waals surface area contributed by atoms with Crippen LogP contribution in [0.15, 0.2) is 18.2 Å². The van der Waals surface area contributed by atoms with Crippen LogP contribution in [0, 0.1) is 17.8 Å². The fraction of sp³-hybridized carbons (Fsp3) is 0.560. The molecule has 1 aliphatic carbocycles. The number of aromatic amines is 1. The maximum atomic E-state index is 13.6. The summed E-state index contributed by atoms with van der Waals surface area (Å²) in [6.45, 7) is 0.216. The average molecular weight is 498 g/mol. The molecule has 2 aromatic rings. The van der Waals surface area contributed by atoms with Gasteiger partial charge in [0.1, 0.15) is 23.9 Å². The van der Waals surface area contributed by atoms with Gasteiger partial charge < -0.3 is 30.4 Å². The zero-order chi connectivity index (χ0) is 25.4. The number of amides is 3. The monoisotopic (exact) mass is 497 g/mol. The minimum Gasteiger partial charge on any atom is -0.494 e. The highest BCUT2D eigenvalue weighted by atomic mass is 16.5. The predicted molar refractivity (Wildman–Crippen MR) is 128 cm³/mol. The van der Waals surface area contributed by atoms with Gasteiger partial charge in [-0.1, -0.05) is 12.5 Å². The molecule has 192 valence electrons. The van der Waals surface area contributed by atoms with E-state index in [2.05, 4.69) is 20.6 Å². The van der Waals surface area contributed by atoms with Crippen LogP contribution in [0.5, 0.6) is 5.75 Å². The van der Waals surface area contributed by atoms with E-state index in [-0.39, 0.29) is 35.9 Å². The van der Waals surface area contributed by atoms with Crippen LogP contribution in [0.3, 0.4) is 0 Å². The van der Waals surface area contributed by atoms with Crippen LogP contribution in [0.2, 0.25) is 0 Å². The van der Waals surface area contributed by atoms with Crippen molar-refractivity contribution < 1.29 is 29.0 Å². The van der Waals surface area contributed by atoms with Crippen molar-refractivity contribution in [2.24, 2.45) is 17.8 Å². The van der Waals surface area contributed by atoms with Gasteiger partial charge in [0.2, 0.25) is 11.8 Å². The number of likely N-dealkylation sites (tertiary alicyclic amines) is 1. The van der Waals surface area contributed by atoms with Crippen LogP contribution in [0.4, 0.5) is 0 Å². The number of aromatic nitrogens is 2. The molecule has 11 heteroatoms. The summed E-state index contributed by atoms with van der Waals surface area (Å²) in [5.41, 5.74) is 1.19. The molecule has 0 spiro atoms. The number of H-pyrrole nitrogens is 1. The molecule has 0 radical (unpaired) electrons. The molecule has 3 fully saturated rings. The van der Waals surface area contributed by atoms with E-state index in [1.165, 1.54) is 7.11 Å². The number of para-hydroxylation sites is 1. The van der Waals surface area contributed by atoms with E-state index in [1.807, 2.05) is 0 Å². The number of imidazole rings is 1. The van der Waals surface area contributed by atoms with Crippen molar-refractivity contribution in [3.8, 4) is 5.75 Å². The Morgan fingerprint density at radius 1 is 1.28 bits per heavy atom. The van der Waals surface area contributed by atoms with Gasteiger partial charge in [-0.15, -0.1) is 0 Å². The number of methoxy groups -OCH3 is 1. The lowest BCUT2D eigenvalue weighted by molar-refractivity contribution is -0.133. The highest BCUT2D eigenvalue weighted by molar-refractivity contribution is 5.99. The molecule has 3 heterocycles. The van der Waals surface area contributed by atoms with Gasteiger partial charge in [-0.3, -0.25) is 19.2 Å². The normalized spacial score (nSPS) is 26.1. The molecule has 5 atom stereocenters. The Balaban J connectivity index is 1.39. The van der Waals surface area contributed by atoms with Crippen molar-refractivity contribution in [2.45, 2.75) is 44.2 Å². The Kier molecular flexibility index (Phi) is 6.65. The lowest BCUT2D eigenvalue weighted by Gasteiger charge is -2.28. The van der Waals surface area contributed by atoms with Crippen molar-refractivity contribution in [3.05, 3.63) is 24.0 Å². The van der Waals surface area contributed by atoms with Gasteiger partial charge in [0.05, 0.1) is 18.7 Å². The summed E-state index contributed by atoms with van der Waals surface area (Å²) in [5.74, 6) is -1.10. The third kappa shape index (κ3) is 4.32. The Bertz CT molecular complexity index is 1190. The van der Waals surface area contributed by atoms with Crippen molar-refractivity contribution >= 4 is 34.5 Å². The molecule has 1 saturated carbocycles. The number of fused-ring (bicyclic) bond motifs is 2. The predicted octanol–water partition coefficient (Wildman–Crippen LogP) is 0.385. The number of rotatable bonds is 8. The summed E-state index contributed by atoms with van der Waals surface area (Å²) >= 11 is 0. The standard InChI is InChI=1S/C25H31N5O6/c1-36-19-7-3-6-16-20(19)29-22(27-16)25(35)30-11-14-4-2-5-15(14)21(30)24(34)28-17(18(32)12-31)10-13-8-9-26-23(13)33/h3,6-7,13-15,17,21,31H,2,4-5,8-12H2,1H3,(H,26,33)(H,27,29)(H,28,34)/t13-,14-,15-,17-,21-/m0/s1. The first-order valence-corrected chi connectivity index (χ1v) is 12.5. The van der Waals surface area contributed by atoms with E-state index in [4.69, 9.17) is 4.74 Å². The lowest BCUT2D eigenvalue weighted by Crippen LogP contribution is -2.53. The largest absolute Gasteiger partial charge is 0.494 e. The number of carbonyl (C=O) groups is 4. The summed E-state index contributed by atoms with van der Waals surface area (Å²) < 4.78 is 5.35. The lowest BCUT2D eigenvalue weighted by atomic mass is 9.92. The van der Waals surface area contributed by atoms with Crippen molar-refractivity contribution in [1.82, 2.24) is 25.5 Å². The van der Waals surface area contributed by atoms with Crippen LogP contribution in [0.25, 0.3) is 11.0 Å². The van der Waals surface area contributed by atoms with Crippen molar-refractivity contribution in [3.63, 3.8) is 0 Å². The first-order valence-electron chi connectivity index (χ1n) is 12.5. The summed E-state index contributed by atoms with van der Waals surface area (Å²) in [7, 11) is 1.53. The Morgan fingerprint density at radius 3 is 2.83 bits per heavy atom. The Morgan fingerprint density at radius 2 is 2.11 bits per heavy atom. The van der Waals surface area contributed by atoms with Gasteiger partial charge in [0.15, 0.2) is 11.6 Å². The zero-order valence-electron chi connectivity index (χ0n) is 20.2. The van der Waals surface area contributed by atoms with E-state index in [0.29, 0.717) is 36.3 Å². The maximum absolute atomic E-state index is 13.6. The van der Waals surface area contributed by atoms with E-state index >= 15 is 0 Å². The van der Waals surface area contributed by atoms with Crippen molar-refractivity contribution in [1.29, 1.82) is 0 Å². The quantitative estimate of drug-likeness (QED) is 0.411. The first-order chi connectivity index (χ1) is 17.4. The van der Waals surface area contributed by atoms with Crippen LogP contribution in [0.1, 0.15) is 42.7 Å². The molecular formula is C25H31N5O6. The van der Waals surface area contributed by atoms with Gasteiger partial charge in [0, 0.05) is 19.0 Å². The summed E-state index contributed by atoms with van der Waals surface area (Å²) in [4.78, 5) is 60.8. The van der Waals surface area contributed by atoms with E-state index in [1.54, 1.807) is 23.1 Å². The molecule has 4 N–H and O–H groups in total. The van der Waals surface area contributed by atoms with Gasteiger partial charge in [0.25, 0.3) is 5.91 Å². The Labute approximate surface area is 208 Å². The second-order valence-corrected chi connectivity index (χ2v) is 9.90. The second-order valence-electron chi connectivity index (χ2n) is 9.90. The highest BCUT2D eigenvalue weighted by Crippen LogP contribution is 2.43. The number of ketones is 1. The number of ether oxygens (including phenoxy) is 1. The van der Waals surface area contributed by atoms with E-state index < -0.39 is 36.3 Å². The molecule has 11 nitrogen and oxygen atoms in total. The van der Waals surface area contributed by atoms with Gasteiger partial charge in [-0.05, 0) is 49.7 Å². The van der Waals surface area contributed by atoms with Gasteiger partial charge >= 0.3 is 0 Å². The molecular weight excluding hydrogens is 466 g/mol. The topological polar surface area (TPSA) is 154 Å². The third-order valence-corrected chi connectivity index (χ3v) is 7.86. The van der Waals surface area contributed by atoms with Crippen LogP contribution >= 0.6 is 0 Å². The second kappa shape index (κ2) is 9.88. The number of aliphatic hydroxyl groups excluding tert-OH is 1. The fourth-order valence-electron chi connectivity index (χ4n) is 6.05. The Hall–Kier alpha value is -3.47. The fourth-order valence-corrected chi connectivity index (χ4v) is 6.05. The zero-order valence-corrected chi connectivity index (χ0v) is 20.2. The molecule has 0 bridgehead atoms. The molecule has 5 rings (SSSR count). The highest BCUT2D eigenvalue weighted by Gasteiger charge is 2.50. The number of aliphatic hydroxyl groups is 1. The molecule has 3 aliphatic rings. The van der Waals surface area contributed by atoms with Crippen LogP contribution in [-0.4, -0.2) is 82.4 Å². The minimum atomic E-state index is -0.996. The summed E-state index contributed by atoms with van der Waals surface area (Å²) in [5, 5.41) is 15.0. The molecule has 1 aromatic heterocycles. The minimum absolute atomic E-state index is 0.0208. The van der Waals surface area contributed by atoms with Crippen molar-refractivity contribution in [2.75, 3.05) is 26.8 Å². The molecule has 36 heavy (non-hydrogen) atoms. The number of hydrogen-bond donors (Lipinski definition) is 4. The molecule has 1 aromatic carbocycles. The molecule has 2 saturated heterocycles. The third-order valence-electron chi connectivity index (χ3n) is 7.86. The van der Waals surface area contributed by atoms with Gasteiger partial charge in [-0.25, -0.2) is 4.98 Å². The summed E-state index contributed by atoms with van der Waals surface area (Å²) in [6, 6.07) is 3.61. The number of benzene rings is 1. The number of hydrogen-bond acceptors (Lipinski definition) is 7. The SMILES string of the molecule is COc1cccc2[nH]c(C(=O)N3C[C@@H]4CCC[C@@H]4[C@H]3C(=O)N[C@@H](C[C@@H]3CCNC3=O)C(=O)CO)nc12. The van der Waals surface area contributed by atoms with Crippen LogP contribution < -0.4 is 15.4 Å². The van der Waals surface area contributed by atoms with E-state index in [0.717, 1.165) is 19.3 Å². The first kappa shape index (κ1) is 24.2. The summed E-state index contributed by atoms with van der Waals surface area (Å²) in [6.07, 6.45) is 3.40. The number of carbonyl (C=O) groups excluding carboxylic acids is 4.